The van der Waals surface area contributed by atoms with Crippen LogP contribution >= 0.6 is 0 Å². The molecule has 0 spiro atoms. The topological polar surface area (TPSA) is 123 Å². The van der Waals surface area contributed by atoms with E-state index in [1.807, 2.05) is 36.4 Å². The fourth-order valence-corrected chi connectivity index (χ4v) is 3.38. The van der Waals surface area contributed by atoms with Crippen molar-refractivity contribution in [2.24, 2.45) is 0 Å². The van der Waals surface area contributed by atoms with Crippen LogP contribution in [0.1, 0.15) is 5.82 Å². The van der Waals surface area contributed by atoms with Crippen molar-refractivity contribution < 1.29 is 9.47 Å². The second-order valence-corrected chi connectivity index (χ2v) is 6.89. The Morgan fingerprint density at radius 1 is 0.938 bits per heavy atom. The standard InChI is InChI=1S/C22H20N8O2/c1-31-17-9-13-16(10-18(17)32-2)28-22(29-19-11-23-7-8-24-19)30-21(13)25-12-20-26-14-5-3-4-6-15(14)27-20/h3-11H,12H2,1-2H3,(H,26,27)(H2,24,25,28,29,30). The molecular formula is C22H20N8O2. The largest absolute Gasteiger partial charge is 0.493 e. The lowest BCUT2D eigenvalue weighted by molar-refractivity contribution is 0.356. The molecule has 0 aliphatic carbocycles. The SMILES string of the molecule is COc1cc2nc(Nc3cnccn3)nc(NCc3nc4ccccc4[nH]3)c2cc1OC. The van der Waals surface area contributed by atoms with Gasteiger partial charge in [0, 0.05) is 23.8 Å². The van der Waals surface area contributed by atoms with E-state index >= 15 is 0 Å². The maximum atomic E-state index is 5.47. The van der Waals surface area contributed by atoms with E-state index in [0.29, 0.717) is 41.1 Å². The number of nitrogens with zero attached hydrogens (tertiary/aromatic N) is 5. The molecule has 0 aliphatic heterocycles. The highest BCUT2D eigenvalue weighted by Crippen LogP contribution is 2.35. The summed E-state index contributed by atoms with van der Waals surface area (Å²) in [5, 5.41) is 7.23. The Bertz CT molecular complexity index is 1350. The van der Waals surface area contributed by atoms with Crippen LogP contribution in [-0.2, 0) is 6.54 Å². The van der Waals surface area contributed by atoms with Gasteiger partial charge in [-0.2, -0.15) is 4.98 Å². The van der Waals surface area contributed by atoms with Gasteiger partial charge in [0.25, 0.3) is 0 Å². The van der Waals surface area contributed by atoms with E-state index in [1.54, 1.807) is 32.8 Å². The van der Waals surface area contributed by atoms with Crippen LogP contribution in [0.5, 0.6) is 11.5 Å². The summed E-state index contributed by atoms with van der Waals surface area (Å²) in [6, 6.07) is 11.6. The minimum Gasteiger partial charge on any atom is -0.493 e. The average Bonchev–Trinajstić information content (AvgIpc) is 3.25. The molecule has 32 heavy (non-hydrogen) atoms. The number of aromatic nitrogens is 6. The van der Waals surface area contributed by atoms with Gasteiger partial charge in [-0.15, -0.1) is 0 Å². The number of aromatic amines is 1. The van der Waals surface area contributed by atoms with Gasteiger partial charge in [0.1, 0.15) is 11.6 Å². The fraction of sp³-hybridized carbons (Fsp3) is 0.136. The zero-order valence-electron chi connectivity index (χ0n) is 17.5. The van der Waals surface area contributed by atoms with Crippen molar-refractivity contribution in [3.8, 4) is 11.5 Å². The predicted octanol–water partition coefficient (Wildman–Crippen LogP) is 3.67. The zero-order chi connectivity index (χ0) is 21.9. The summed E-state index contributed by atoms with van der Waals surface area (Å²) in [6.45, 7) is 0.444. The lowest BCUT2D eigenvalue weighted by Gasteiger charge is -2.14. The van der Waals surface area contributed by atoms with Crippen molar-refractivity contribution in [3.63, 3.8) is 0 Å². The number of para-hydroxylation sites is 2. The van der Waals surface area contributed by atoms with Crippen molar-refractivity contribution in [3.05, 3.63) is 60.8 Å². The number of hydrogen-bond donors (Lipinski definition) is 3. The number of nitrogens with one attached hydrogen (secondary N) is 3. The summed E-state index contributed by atoms with van der Waals surface area (Å²) in [5.74, 6) is 3.48. The molecule has 10 heteroatoms. The monoisotopic (exact) mass is 428 g/mol. The quantitative estimate of drug-likeness (QED) is 0.356. The molecule has 10 nitrogen and oxygen atoms in total. The Hall–Kier alpha value is -4.47. The summed E-state index contributed by atoms with van der Waals surface area (Å²) in [7, 11) is 3.18. The number of imidazole rings is 1. The van der Waals surface area contributed by atoms with Crippen LogP contribution in [-0.4, -0.2) is 44.1 Å². The molecule has 3 heterocycles. The van der Waals surface area contributed by atoms with E-state index in [1.165, 1.54) is 0 Å². The first-order chi connectivity index (χ1) is 15.7. The Kier molecular flexibility index (Phi) is 5.08. The molecular weight excluding hydrogens is 408 g/mol. The molecule has 0 saturated heterocycles. The molecule has 0 amide bonds. The summed E-state index contributed by atoms with van der Waals surface area (Å²) in [4.78, 5) is 25.5. The van der Waals surface area contributed by atoms with E-state index in [0.717, 1.165) is 22.2 Å². The lowest BCUT2D eigenvalue weighted by atomic mass is 10.2. The van der Waals surface area contributed by atoms with Gasteiger partial charge >= 0.3 is 0 Å². The first-order valence-electron chi connectivity index (χ1n) is 9.88. The molecule has 5 rings (SSSR count). The van der Waals surface area contributed by atoms with Gasteiger partial charge < -0.3 is 25.1 Å². The van der Waals surface area contributed by atoms with Crippen molar-refractivity contribution >= 4 is 39.5 Å². The summed E-state index contributed by atoms with van der Waals surface area (Å²) >= 11 is 0. The molecule has 3 aromatic heterocycles. The molecule has 2 aromatic carbocycles. The number of rotatable bonds is 7. The highest BCUT2D eigenvalue weighted by atomic mass is 16.5. The normalized spacial score (nSPS) is 10.9. The summed E-state index contributed by atoms with van der Waals surface area (Å²) < 4.78 is 10.9. The Balaban J connectivity index is 1.54. The summed E-state index contributed by atoms with van der Waals surface area (Å²) in [6.07, 6.45) is 4.80. The van der Waals surface area contributed by atoms with Crippen LogP contribution in [0.15, 0.2) is 55.0 Å². The molecule has 0 fully saturated rings. The van der Waals surface area contributed by atoms with Crippen LogP contribution in [0.3, 0.4) is 0 Å². The second-order valence-electron chi connectivity index (χ2n) is 6.89. The third kappa shape index (κ3) is 3.81. The maximum Gasteiger partial charge on any atom is 0.230 e. The first kappa shape index (κ1) is 19.5. The van der Waals surface area contributed by atoms with Gasteiger partial charge in [0.05, 0.1) is 43.5 Å². The van der Waals surface area contributed by atoms with Crippen LogP contribution in [0.4, 0.5) is 17.6 Å². The van der Waals surface area contributed by atoms with E-state index in [-0.39, 0.29) is 0 Å². The number of benzene rings is 2. The summed E-state index contributed by atoms with van der Waals surface area (Å²) in [5.41, 5.74) is 2.57. The Labute approximate surface area is 183 Å². The molecule has 0 unspecified atom stereocenters. The van der Waals surface area contributed by atoms with Gasteiger partial charge in [-0.25, -0.2) is 15.0 Å². The van der Waals surface area contributed by atoms with E-state index < -0.39 is 0 Å². The van der Waals surface area contributed by atoms with Gasteiger partial charge in [-0.1, -0.05) is 12.1 Å². The molecule has 0 atom stereocenters. The Morgan fingerprint density at radius 3 is 2.56 bits per heavy atom. The van der Waals surface area contributed by atoms with Crippen LogP contribution in [0.25, 0.3) is 21.9 Å². The van der Waals surface area contributed by atoms with Crippen molar-refractivity contribution in [1.82, 2.24) is 29.9 Å². The molecule has 5 aromatic rings. The fourth-order valence-electron chi connectivity index (χ4n) is 3.38. The van der Waals surface area contributed by atoms with E-state index in [4.69, 9.17) is 9.47 Å². The van der Waals surface area contributed by atoms with Crippen LogP contribution in [0.2, 0.25) is 0 Å². The van der Waals surface area contributed by atoms with Gasteiger partial charge in [0.15, 0.2) is 17.3 Å². The number of fused-ring (bicyclic) bond motifs is 2. The molecule has 0 bridgehead atoms. The van der Waals surface area contributed by atoms with Gasteiger partial charge in [-0.05, 0) is 18.2 Å². The van der Waals surface area contributed by atoms with E-state index in [9.17, 15) is 0 Å². The lowest BCUT2D eigenvalue weighted by Crippen LogP contribution is -2.07. The molecule has 3 N–H and O–H groups in total. The first-order valence-corrected chi connectivity index (χ1v) is 9.88. The minimum atomic E-state index is 0.373. The maximum absolute atomic E-state index is 5.47. The van der Waals surface area contributed by atoms with Crippen molar-refractivity contribution in [2.45, 2.75) is 6.54 Å². The van der Waals surface area contributed by atoms with Crippen LogP contribution in [0, 0.1) is 0 Å². The van der Waals surface area contributed by atoms with Gasteiger partial charge in [-0.3, -0.25) is 4.98 Å². The minimum absolute atomic E-state index is 0.373. The van der Waals surface area contributed by atoms with Crippen molar-refractivity contribution in [2.75, 3.05) is 24.9 Å². The Morgan fingerprint density at radius 2 is 1.78 bits per heavy atom. The highest BCUT2D eigenvalue weighted by molar-refractivity contribution is 5.93. The smallest absolute Gasteiger partial charge is 0.230 e. The molecule has 0 radical (unpaired) electrons. The number of ether oxygens (including phenoxy) is 2. The van der Waals surface area contributed by atoms with Crippen LogP contribution < -0.4 is 20.1 Å². The number of hydrogen-bond acceptors (Lipinski definition) is 9. The third-order valence-corrected chi connectivity index (χ3v) is 4.87. The number of methoxy groups -OCH3 is 2. The average molecular weight is 428 g/mol. The molecule has 160 valence electrons. The third-order valence-electron chi connectivity index (χ3n) is 4.87. The molecule has 0 aliphatic rings. The number of anilines is 3. The highest BCUT2D eigenvalue weighted by Gasteiger charge is 2.14. The van der Waals surface area contributed by atoms with E-state index in [2.05, 4.69) is 40.5 Å². The van der Waals surface area contributed by atoms with Gasteiger partial charge in [0.2, 0.25) is 5.95 Å². The predicted molar refractivity (Wildman–Crippen MR) is 121 cm³/mol. The second kappa shape index (κ2) is 8.34. The molecule has 0 saturated carbocycles. The van der Waals surface area contributed by atoms with Crippen molar-refractivity contribution in [1.29, 1.82) is 0 Å². The number of H-pyrrole nitrogens is 1. The zero-order valence-corrected chi connectivity index (χ0v) is 17.5.